The van der Waals surface area contributed by atoms with Crippen LogP contribution in [-0.2, 0) is 32.6 Å². The summed E-state index contributed by atoms with van der Waals surface area (Å²) in [5.41, 5.74) is 1.54. The van der Waals surface area contributed by atoms with Crippen LogP contribution in [0.2, 0.25) is 0 Å². The largest absolute Gasteiger partial charge is 0.435 e. The first-order chi connectivity index (χ1) is 13.7. The van der Waals surface area contributed by atoms with Gasteiger partial charge >= 0.3 is 6.18 Å². The van der Waals surface area contributed by atoms with Gasteiger partial charge in [0.15, 0.2) is 5.69 Å². The zero-order valence-corrected chi connectivity index (χ0v) is 17.6. The van der Waals surface area contributed by atoms with E-state index < -0.39 is 11.9 Å². The third kappa shape index (κ3) is 3.54. The van der Waals surface area contributed by atoms with Crippen molar-refractivity contribution in [1.82, 2.24) is 24.6 Å². The molecule has 0 fully saturated rings. The first-order valence-electron chi connectivity index (χ1n) is 9.27. The summed E-state index contributed by atoms with van der Waals surface area (Å²) >= 11 is 5.68. The minimum absolute atomic E-state index is 0.178. The molecular weight excluding hydrogens is 423 g/mol. The van der Waals surface area contributed by atoms with Crippen LogP contribution in [-0.4, -0.2) is 31.8 Å². The molecule has 11 heteroatoms. The first-order valence-corrected chi connectivity index (χ1v) is 10.5. The molecule has 3 heterocycles. The van der Waals surface area contributed by atoms with Crippen LogP contribution in [0.3, 0.4) is 0 Å². The minimum atomic E-state index is -4.46. The molecule has 0 saturated heterocycles. The SMILES string of the molecule is Cc1nc2c(C(=O)NCCn3nc(C(F)(F)F)c4c3CCCC4)sc(S)c2n1C. The summed E-state index contributed by atoms with van der Waals surface area (Å²) < 4.78 is 43.8. The van der Waals surface area contributed by atoms with Gasteiger partial charge in [0.25, 0.3) is 5.91 Å². The smallest absolute Gasteiger partial charge is 0.349 e. The van der Waals surface area contributed by atoms with Crippen LogP contribution in [0.15, 0.2) is 4.21 Å². The van der Waals surface area contributed by atoms with Crippen LogP contribution in [0.25, 0.3) is 11.0 Å². The zero-order valence-electron chi connectivity index (χ0n) is 15.9. The molecule has 0 bridgehead atoms. The van der Waals surface area contributed by atoms with Crippen molar-refractivity contribution in [2.24, 2.45) is 7.05 Å². The van der Waals surface area contributed by atoms with Crippen LogP contribution in [0.5, 0.6) is 0 Å². The Balaban J connectivity index is 1.51. The summed E-state index contributed by atoms with van der Waals surface area (Å²) in [6, 6.07) is 0. The summed E-state index contributed by atoms with van der Waals surface area (Å²) in [6.07, 6.45) is -1.90. The van der Waals surface area contributed by atoms with Gasteiger partial charge in [-0.05, 0) is 32.6 Å². The molecule has 6 nitrogen and oxygen atoms in total. The molecule has 0 spiro atoms. The lowest BCUT2D eigenvalue weighted by molar-refractivity contribution is -0.142. The number of imidazole rings is 1. The number of fused-ring (bicyclic) bond motifs is 2. The number of aromatic nitrogens is 4. The summed E-state index contributed by atoms with van der Waals surface area (Å²) in [5, 5.41) is 6.60. The average molecular weight is 444 g/mol. The standard InChI is InChI=1S/C18H20F3N5OS2/c1-9-23-12-13(25(9)2)17(28)29-14(12)16(27)22-7-8-26-11-6-4-3-5-10(11)15(24-26)18(19,20)21/h28H,3-8H2,1-2H3,(H,22,27). The van der Waals surface area contributed by atoms with Gasteiger partial charge in [-0.25, -0.2) is 4.98 Å². The molecule has 1 aliphatic carbocycles. The van der Waals surface area contributed by atoms with Crippen molar-refractivity contribution in [3.8, 4) is 0 Å². The van der Waals surface area contributed by atoms with Gasteiger partial charge < -0.3 is 9.88 Å². The molecule has 1 N–H and O–H groups in total. The number of carbonyl (C=O) groups is 1. The van der Waals surface area contributed by atoms with E-state index in [1.54, 1.807) is 0 Å². The van der Waals surface area contributed by atoms with Crippen LogP contribution in [0.4, 0.5) is 13.2 Å². The second-order valence-electron chi connectivity index (χ2n) is 7.11. The number of nitrogens with zero attached hydrogens (tertiary/aromatic N) is 4. The fourth-order valence-electron chi connectivity index (χ4n) is 3.80. The number of thiophene rings is 1. The topological polar surface area (TPSA) is 64.7 Å². The molecule has 0 aliphatic heterocycles. The highest BCUT2D eigenvalue weighted by atomic mass is 32.2. The average Bonchev–Trinajstić information content (AvgIpc) is 3.28. The molecule has 156 valence electrons. The van der Waals surface area contributed by atoms with Crippen molar-refractivity contribution >= 4 is 40.9 Å². The summed E-state index contributed by atoms with van der Waals surface area (Å²) in [6.45, 7) is 2.21. The first kappa shape index (κ1) is 20.3. The zero-order chi connectivity index (χ0) is 20.9. The summed E-state index contributed by atoms with van der Waals surface area (Å²) in [4.78, 5) is 17.5. The van der Waals surface area contributed by atoms with Crippen LogP contribution in [0.1, 0.15) is 45.3 Å². The van der Waals surface area contributed by atoms with E-state index in [0.29, 0.717) is 38.7 Å². The van der Waals surface area contributed by atoms with Gasteiger partial charge in [0.1, 0.15) is 16.2 Å². The lowest BCUT2D eigenvalue weighted by Gasteiger charge is -2.14. The van der Waals surface area contributed by atoms with Crippen molar-refractivity contribution in [2.75, 3.05) is 6.54 Å². The number of rotatable bonds is 4. The Hall–Kier alpha value is -2.01. The third-order valence-corrected chi connectivity index (χ3v) is 6.73. The number of amides is 1. The number of nitrogens with one attached hydrogen (secondary N) is 1. The normalized spacial score (nSPS) is 14.4. The third-order valence-electron chi connectivity index (χ3n) is 5.28. The Morgan fingerprint density at radius 3 is 2.76 bits per heavy atom. The van der Waals surface area contributed by atoms with Gasteiger partial charge in [-0.2, -0.15) is 18.3 Å². The lowest BCUT2D eigenvalue weighted by Crippen LogP contribution is -2.27. The Bertz CT molecular complexity index is 1100. The van der Waals surface area contributed by atoms with Crippen molar-refractivity contribution in [3.05, 3.63) is 27.7 Å². The maximum atomic E-state index is 13.3. The van der Waals surface area contributed by atoms with Gasteiger partial charge in [-0.1, -0.05) is 0 Å². The van der Waals surface area contributed by atoms with E-state index in [-0.39, 0.29) is 19.0 Å². The predicted octanol–water partition coefficient (Wildman–Crippen LogP) is 3.76. The molecule has 29 heavy (non-hydrogen) atoms. The Kier molecular flexibility index (Phi) is 5.14. The predicted molar refractivity (Wildman–Crippen MR) is 107 cm³/mol. The van der Waals surface area contributed by atoms with E-state index in [0.717, 1.165) is 24.2 Å². The van der Waals surface area contributed by atoms with E-state index in [4.69, 9.17) is 0 Å². The number of halogens is 3. The Morgan fingerprint density at radius 1 is 1.31 bits per heavy atom. The lowest BCUT2D eigenvalue weighted by atomic mass is 9.95. The monoisotopic (exact) mass is 443 g/mol. The highest BCUT2D eigenvalue weighted by Crippen LogP contribution is 2.36. The van der Waals surface area contributed by atoms with Crippen molar-refractivity contribution < 1.29 is 18.0 Å². The second kappa shape index (κ2) is 7.35. The molecule has 0 atom stereocenters. The van der Waals surface area contributed by atoms with E-state index in [1.165, 1.54) is 16.0 Å². The van der Waals surface area contributed by atoms with Gasteiger partial charge in [-0.15, -0.1) is 24.0 Å². The molecule has 1 amide bonds. The maximum absolute atomic E-state index is 13.3. The van der Waals surface area contributed by atoms with Crippen LogP contribution >= 0.6 is 24.0 Å². The fraction of sp³-hybridized carbons (Fsp3) is 0.500. The van der Waals surface area contributed by atoms with Crippen molar-refractivity contribution in [1.29, 1.82) is 0 Å². The highest BCUT2D eigenvalue weighted by molar-refractivity contribution is 7.83. The number of thiol groups is 1. The second-order valence-corrected chi connectivity index (χ2v) is 8.88. The number of hydrogen-bond donors (Lipinski definition) is 2. The molecule has 0 unspecified atom stereocenters. The van der Waals surface area contributed by atoms with Crippen LogP contribution < -0.4 is 5.32 Å². The van der Waals surface area contributed by atoms with Gasteiger partial charge in [0.2, 0.25) is 0 Å². The molecule has 0 radical (unpaired) electrons. The van der Waals surface area contributed by atoms with E-state index in [9.17, 15) is 18.0 Å². The van der Waals surface area contributed by atoms with Crippen LogP contribution in [0, 0.1) is 6.92 Å². The quantitative estimate of drug-likeness (QED) is 0.604. The fourth-order valence-corrected chi connectivity index (χ4v) is 5.26. The molecular formula is C18H20F3N5OS2. The van der Waals surface area contributed by atoms with Gasteiger partial charge in [0.05, 0.1) is 16.3 Å². The molecule has 3 aromatic rings. The number of aryl methyl sites for hydroxylation is 2. The number of alkyl halides is 3. The van der Waals surface area contributed by atoms with Gasteiger partial charge in [0, 0.05) is 24.8 Å². The van der Waals surface area contributed by atoms with E-state index >= 15 is 0 Å². The molecule has 3 aromatic heterocycles. The molecule has 0 aromatic carbocycles. The molecule has 1 aliphatic rings. The van der Waals surface area contributed by atoms with Crippen molar-refractivity contribution in [3.63, 3.8) is 0 Å². The maximum Gasteiger partial charge on any atom is 0.435 e. The number of hydrogen-bond acceptors (Lipinski definition) is 5. The van der Waals surface area contributed by atoms with Gasteiger partial charge in [-0.3, -0.25) is 9.48 Å². The minimum Gasteiger partial charge on any atom is -0.349 e. The Morgan fingerprint density at radius 2 is 2.03 bits per heavy atom. The summed E-state index contributed by atoms with van der Waals surface area (Å²) in [7, 11) is 1.86. The van der Waals surface area contributed by atoms with E-state index in [1.807, 2.05) is 18.5 Å². The van der Waals surface area contributed by atoms with E-state index in [2.05, 4.69) is 28.0 Å². The molecule has 4 rings (SSSR count). The Labute approximate surface area is 174 Å². The highest BCUT2D eigenvalue weighted by Gasteiger charge is 2.39. The summed E-state index contributed by atoms with van der Waals surface area (Å²) in [5.74, 6) is 0.463. The molecule has 0 saturated carbocycles. The number of carbonyl (C=O) groups excluding carboxylic acids is 1. The van der Waals surface area contributed by atoms with Crippen molar-refractivity contribution in [2.45, 2.75) is 49.5 Å².